The van der Waals surface area contributed by atoms with Crippen LogP contribution in [0.5, 0.6) is 0 Å². The largest absolute Gasteiger partial charge is 0.330 e. The minimum absolute atomic E-state index is 0.0331. The van der Waals surface area contributed by atoms with Crippen LogP contribution in [-0.2, 0) is 17.9 Å². The van der Waals surface area contributed by atoms with E-state index in [1.807, 2.05) is 43.3 Å². The standard InChI is InChI=1S/C23H21N3O3/c1-18-7-2-3-10-21(18)17-25(16-19-8-6-14-24-15-19)23(27)13-12-20-9-4-5-11-22(20)26(28)29/h2-15H,16-17H2,1H3. The Kier molecular flexibility index (Phi) is 6.47. The second-order valence-corrected chi connectivity index (χ2v) is 6.63. The van der Waals surface area contributed by atoms with Gasteiger partial charge in [-0.3, -0.25) is 19.9 Å². The summed E-state index contributed by atoms with van der Waals surface area (Å²) in [6, 6.07) is 18.0. The molecule has 0 unspecified atom stereocenters. The van der Waals surface area contributed by atoms with Gasteiger partial charge in [0.2, 0.25) is 5.91 Å². The molecule has 6 nitrogen and oxygen atoms in total. The molecule has 6 heteroatoms. The van der Waals surface area contributed by atoms with Gasteiger partial charge in [-0.1, -0.05) is 42.5 Å². The minimum Gasteiger partial charge on any atom is -0.330 e. The Hall–Kier alpha value is -3.80. The first-order chi connectivity index (χ1) is 14.0. The molecule has 0 fully saturated rings. The Morgan fingerprint density at radius 3 is 2.55 bits per heavy atom. The Balaban J connectivity index is 1.86. The molecule has 1 amide bonds. The van der Waals surface area contributed by atoms with Gasteiger partial charge in [0, 0.05) is 37.6 Å². The number of carbonyl (C=O) groups excluding carboxylic acids is 1. The molecule has 0 saturated carbocycles. The van der Waals surface area contributed by atoms with Crippen molar-refractivity contribution >= 4 is 17.7 Å². The van der Waals surface area contributed by atoms with Crippen molar-refractivity contribution < 1.29 is 9.72 Å². The van der Waals surface area contributed by atoms with Gasteiger partial charge >= 0.3 is 0 Å². The van der Waals surface area contributed by atoms with Gasteiger partial charge in [0.15, 0.2) is 0 Å². The quantitative estimate of drug-likeness (QED) is 0.339. The van der Waals surface area contributed by atoms with Crippen molar-refractivity contribution in [3.8, 4) is 0 Å². The topological polar surface area (TPSA) is 76.3 Å². The molecule has 2 aromatic carbocycles. The predicted molar refractivity (Wildman–Crippen MR) is 112 cm³/mol. The highest BCUT2D eigenvalue weighted by molar-refractivity contribution is 5.92. The Morgan fingerprint density at radius 2 is 1.83 bits per heavy atom. The molecular formula is C23H21N3O3. The number of aromatic nitrogens is 1. The first-order valence-electron chi connectivity index (χ1n) is 9.18. The van der Waals surface area contributed by atoms with E-state index < -0.39 is 4.92 Å². The summed E-state index contributed by atoms with van der Waals surface area (Å²) in [7, 11) is 0. The van der Waals surface area contributed by atoms with E-state index in [0.717, 1.165) is 16.7 Å². The molecular weight excluding hydrogens is 366 g/mol. The molecule has 0 atom stereocenters. The molecule has 3 aromatic rings. The van der Waals surface area contributed by atoms with Gasteiger partial charge in [-0.15, -0.1) is 0 Å². The summed E-state index contributed by atoms with van der Waals surface area (Å²) in [5.41, 5.74) is 3.41. The van der Waals surface area contributed by atoms with Gasteiger partial charge < -0.3 is 4.90 Å². The number of nitrogens with zero attached hydrogens (tertiary/aromatic N) is 3. The lowest BCUT2D eigenvalue weighted by Crippen LogP contribution is -2.28. The number of para-hydroxylation sites is 1. The third-order valence-electron chi connectivity index (χ3n) is 4.57. The number of carbonyl (C=O) groups is 1. The van der Waals surface area contributed by atoms with Crippen LogP contribution in [0.3, 0.4) is 0 Å². The Morgan fingerprint density at radius 1 is 1.07 bits per heavy atom. The molecule has 0 aliphatic rings. The van der Waals surface area contributed by atoms with E-state index >= 15 is 0 Å². The average Bonchev–Trinajstić information content (AvgIpc) is 2.74. The van der Waals surface area contributed by atoms with Gasteiger partial charge in [0.25, 0.3) is 5.69 Å². The van der Waals surface area contributed by atoms with Crippen molar-refractivity contribution in [3.63, 3.8) is 0 Å². The van der Waals surface area contributed by atoms with Gasteiger partial charge in [-0.25, -0.2) is 0 Å². The van der Waals surface area contributed by atoms with Crippen LogP contribution < -0.4 is 0 Å². The summed E-state index contributed by atoms with van der Waals surface area (Å²) < 4.78 is 0. The molecule has 0 aliphatic carbocycles. The smallest absolute Gasteiger partial charge is 0.276 e. The fourth-order valence-electron chi connectivity index (χ4n) is 2.98. The maximum Gasteiger partial charge on any atom is 0.276 e. The summed E-state index contributed by atoms with van der Waals surface area (Å²) in [6.07, 6.45) is 6.29. The molecule has 0 spiro atoms. The number of aryl methyl sites for hydroxylation is 1. The number of nitro groups is 1. The fourth-order valence-corrected chi connectivity index (χ4v) is 2.98. The van der Waals surface area contributed by atoms with Crippen LogP contribution >= 0.6 is 0 Å². The maximum absolute atomic E-state index is 13.0. The molecule has 0 N–H and O–H groups in total. The molecule has 3 rings (SSSR count). The summed E-state index contributed by atoms with van der Waals surface area (Å²) in [5, 5.41) is 11.2. The van der Waals surface area contributed by atoms with Crippen molar-refractivity contribution in [2.75, 3.05) is 0 Å². The zero-order valence-electron chi connectivity index (χ0n) is 16.1. The third kappa shape index (κ3) is 5.35. The van der Waals surface area contributed by atoms with E-state index in [-0.39, 0.29) is 11.6 Å². The van der Waals surface area contributed by atoms with Gasteiger partial charge in [0.05, 0.1) is 10.5 Å². The third-order valence-corrected chi connectivity index (χ3v) is 4.57. The molecule has 1 heterocycles. The van der Waals surface area contributed by atoms with E-state index in [4.69, 9.17) is 0 Å². The summed E-state index contributed by atoms with van der Waals surface area (Å²) in [6.45, 7) is 2.83. The highest BCUT2D eigenvalue weighted by atomic mass is 16.6. The van der Waals surface area contributed by atoms with Gasteiger partial charge in [0.1, 0.15) is 0 Å². The normalized spacial score (nSPS) is 10.8. The zero-order valence-corrected chi connectivity index (χ0v) is 16.1. The Bertz CT molecular complexity index is 1030. The highest BCUT2D eigenvalue weighted by Crippen LogP contribution is 2.20. The lowest BCUT2D eigenvalue weighted by molar-refractivity contribution is -0.385. The zero-order chi connectivity index (χ0) is 20.6. The molecule has 146 valence electrons. The molecule has 0 bridgehead atoms. The van der Waals surface area contributed by atoms with Crippen LogP contribution in [-0.4, -0.2) is 20.7 Å². The summed E-state index contributed by atoms with van der Waals surface area (Å²) in [5.74, 6) is -0.227. The van der Waals surface area contributed by atoms with Crippen molar-refractivity contribution in [3.05, 3.63) is 112 Å². The van der Waals surface area contributed by atoms with Crippen LogP contribution in [0.25, 0.3) is 6.08 Å². The number of pyridine rings is 1. The van der Waals surface area contributed by atoms with Gasteiger partial charge in [-0.05, 0) is 41.8 Å². The predicted octanol–water partition coefficient (Wildman–Crippen LogP) is 4.54. The maximum atomic E-state index is 13.0. The van der Waals surface area contributed by atoms with E-state index in [0.29, 0.717) is 18.7 Å². The first-order valence-corrected chi connectivity index (χ1v) is 9.18. The van der Waals surface area contributed by atoms with Crippen molar-refractivity contribution in [1.29, 1.82) is 0 Å². The SMILES string of the molecule is Cc1ccccc1CN(Cc1cccnc1)C(=O)C=Cc1ccccc1[N+](=O)[O-]. The van der Waals surface area contributed by atoms with E-state index in [1.54, 1.807) is 35.5 Å². The van der Waals surface area contributed by atoms with Crippen molar-refractivity contribution in [2.24, 2.45) is 0 Å². The molecule has 0 saturated heterocycles. The van der Waals surface area contributed by atoms with Crippen LogP contribution in [0, 0.1) is 17.0 Å². The van der Waals surface area contributed by atoms with Crippen LogP contribution in [0.4, 0.5) is 5.69 Å². The van der Waals surface area contributed by atoms with Crippen LogP contribution in [0.1, 0.15) is 22.3 Å². The molecule has 1 aromatic heterocycles. The number of nitro benzene ring substituents is 1. The number of hydrogen-bond donors (Lipinski definition) is 0. The monoisotopic (exact) mass is 387 g/mol. The van der Waals surface area contributed by atoms with Gasteiger partial charge in [-0.2, -0.15) is 0 Å². The highest BCUT2D eigenvalue weighted by Gasteiger charge is 2.15. The van der Waals surface area contributed by atoms with Crippen molar-refractivity contribution in [2.45, 2.75) is 20.0 Å². The van der Waals surface area contributed by atoms with E-state index in [9.17, 15) is 14.9 Å². The number of amides is 1. The van der Waals surface area contributed by atoms with Crippen LogP contribution in [0.2, 0.25) is 0 Å². The minimum atomic E-state index is -0.453. The average molecular weight is 387 g/mol. The molecule has 0 aliphatic heterocycles. The first kappa shape index (κ1) is 19.9. The number of benzene rings is 2. The van der Waals surface area contributed by atoms with Crippen LogP contribution in [0.15, 0.2) is 79.1 Å². The summed E-state index contributed by atoms with van der Waals surface area (Å²) in [4.78, 5) is 29.5. The van der Waals surface area contributed by atoms with Crippen molar-refractivity contribution in [1.82, 2.24) is 9.88 Å². The lowest BCUT2D eigenvalue weighted by atomic mass is 10.1. The van der Waals surface area contributed by atoms with E-state index in [2.05, 4.69) is 4.98 Å². The molecule has 0 radical (unpaired) electrons. The number of rotatable bonds is 7. The summed E-state index contributed by atoms with van der Waals surface area (Å²) >= 11 is 0. The lowest BCUT2D eigenvalue weighted by Gasteiger charge is -2.22. The fraction of sp³-hybridized carbons (Fsp3) is 0.130. The number of hydrogen-bond acceptors (Lipinski definition) is 4. The molecule has 29 heavy (non-hydrogen) atoms. The van der Waals surface area contributed by atoms with E-state index in [1.165, 1.54) is 18.2 Å². The second-order valence-electron chi connectivity index (χ2n) is 6.63. The Labute approximate surface area is 169 Å². The second kappa shape index (κ2) is 9.41.